The van der Waals surface area contributed by atoms with E-state index in [9.17, 15) is 0 Å². The van der Waals surface area contributed by atoms with Crippen LogP contribution < -0.4 is 0 Å². The molecule has 1 heterocycles. The van der Waals surface area contributed by atoms with Crippen LogP contribution in [0.5, 0.6) is 0 Å². The average Bonchev–Trinajstić information content (AvgIpc) is 2.01. The fourth-order valence-electron chi connectivity index (χ4n) is 2.89. The molecule has 0 amide bonds. The number of hydrogen-bond acceptors (Lipinski definition) is 1. The maximum absolute atomic E-state index is 6.52. The lowest BCUT2D eigenvalue weighted by atomic mass is 9.77. The van der Waals surface area contributed by atoms with Crippen LogP contribution >= 0.6 is 0 Å². The minimum atomic E-state index is -1.35. The van der Waals surface area contributed by atoms with Crippen molar-refractivity contribution >= 4 is 8.32 Å². The first kappa shape index (κ1) is 12.2. The monoisotopic (exact) mass is 214 g/mol. The molecule has 0 unspecified atom stereocenters. The predicted octanol–water partition coefficient (Wildman–Crippen LogP) is 4.05. The summed E-state index contributed by atoms with van der Waals surface area (Å²) in [6.45, 7) is 14.0. The van der Waals surface area contributed by atoms with Crippen molar-refractivity contribution in [3.05, 3.63) is 0 Å². The summed E-state index contributed by atoms with van der Waals surface area (Å²) in [7, 11) is -1.35. The van der Waals surface area contributed by atoms with Crippen molar-refractivity contribution in [2.45, 2.75) is 65.3 Å². The van der Waals surface area contributed by atoms with Crippen LogP contribution in [0.4, 0.5) is 0 Å². The summed E-state index contributed by atoms with van der Waals surface area (Å²) in [5.41, 5.74) is 0.175. The zero-order valence-corrected chi connectivity index (χ0v) is 11.7. The lowest BCUT2D eigenvalue weighted by molar-refractivity contribution is -0.0486. The van der Waals surface area contributed by atoms with Crippen molar-refractivity contribution < 1.29 is 4.43 Å². The molecule has 0 aromatic heterocycles. The molecule has 84 valence electrons. The molecule has 0 saturated carbocycles. The first-order chi connectivity index (χ1) is 6.30. The van der Waals surface area contributed by atoms with Crippen LogP contribution in [0.15, 0.2) is 0 Å². The fraction of sp³-hybridized carbons (Fsp3) is 1.00. The summed E-state index contributed by atoms with van der Waals surface area (Å²) in [6.07, 6.45) is 2.63. The zero-order chi connectivity index (χ0) is 11.0. The zero-order valence-electron chi connectivity index (χ0n) is 10.7. The van der Waals surface area contributed by atoms with Gasteiger partial charge in [-0.05, 0) is 37.4 Å². The maximum atomic E-state index is 6.52. The quantitative estimate of drug-likeness (QED) is 0.630. The SMILES string of the molecule is CC(C)C1(C(C)C)CCC[Si](C)(C)O1. The van der Waals surface area contributed by atoms with E-state index in [1.807, 2.05) is 0 Å². The minimum Gasteiger partial charge on any atom is -0.411 e. The summed E-state index contributed by atoms with van der Waals surface area (Å²) < 4.78 is 6.52. The van der Waals surface area contributed by atoms with Gasteiger partial charge in [-0.15, -0.1) is 0 Å². The van der Waals surface area contributed by atoms with Gasteiger partial charge in [0, 0.05) is 0 Å². The Labute approximate surface area is 90.4 Å². The molecule has 1 nitrogen and oxygen atoms in total. The Kier molecular flexibility index (Phi) is 3.48. The van der Waals surface area contributed by atoms with Crippen LogP contribution in [-0.2, 0) is 4.43 Å². The molecule has 0 radical (unpaired) electrons. The lowest BCUT2D eigenvalue weighted by Crippen LogP contribution is -2.54. The van der Waals surface area contributed by atoms with E-state index in [1.165, 1.54) is 18.9 Å². The van der Waals surface area contributed by atoms with Crippen LogP contribution in [0.2, 0.25) is 19.1 Å². The van der Waals surface area contributed by atoms with Crippen molar-refractivity contribution in [1.82, 2.24) is 0 Å². The smallest absolute Gasteiger partial charge is 0.187 e. The molecular weight excluding hydrogens is 188 g/mol. The normalized spacial score (nSPS) is 25.7. The van der Waals surface area contributed by atoms with E-state index >= 15 is 0 Å². The molecule has 2 heteroatoms. The van der Waals surface area contributed by atoms with Gasteiger partial charge in [0.1, 0.15) is 0 Å². The summed E-state index contributed by atoms with van der Waals surface area (Å²) >= 11 is 0. The molecular formula is C12H26OSi. The van der Waals surface area contributed by atoms with E-state index in [4.69, 9.17) is 4.43 Å². The van der Waals surface area contributed by atoms with Crippen LogP contribution in [0.25, 0.3) is 0 Å². The molecule has 1 aliphatic heterocycles. The van der Waals surface area contributed by atoms with Crippen molar-refractivity contribution in [2.24, 2.45) is 11.8 Å². The van der Waals surface area contributed by atoms with Crippen molar-refractivity contribution in [2.75, 3.05) is 0 Å². The highest BCUT2D eigenvalue weighted by atomic mass is 28.4. The molecule has 0 bridgehead atoms. The van der Waals surface area contributed by atoms with Gasteiger partial charge < -0.3 is 4.43 Å². The Morgan fingerprint density at radius 3 is 1.86 bits per heavy atom. The molecule has 0 aromatic rings. The Bertz CT molecular complexity index is 188. The number of rotatable bonds is 2. The third-order valence-corrected chi connectivity index (χ3v) is 6.26. The second kappa shape index (κ2) is 3.97. The molecule has 1 saturated heterocycles. The Morgan fingerprint density at radius 2 is 1.57 bits per heavy atom. The van der Waals surface area contributed by atoms with Gasteiger partial charge in [-0.25, -0.2) is 0 Å². The van der Waals surface area contributed by atoms with Gasteiger partial charge in [0.05, 0.1) is 5.60 Å². The van der Waals surface area contributed by atoms with Crippen molar-refractivity contribution in [1.29, 1.82) is 0 Å². The highest BCUT2D eigenvalue weighted by Crippen LogP contribution is 2.43. The first-order valence-electron chi connectivity index (χ1n) is 6.00. The largest absolute Gasteiger partial charge is 0.411 e. The second-order valence-electron chi connectivity index (χ2n) is 5.98. The van der Waals surface area contributed by atoms with Gasteiger partial charge in [0.2, 0.25) is 0 Å². The summed E-state index contributed by atoms with van der Waals surface area (Å²) in [5.74, 6) is 1.30. The van der Waals surface area contributed by atoms with Gasteiger partial charge in [-0.2, -0.15) is 0 Å². The third-order valence-electron chi connectivity index (χ3n) is 3.77. The second-order valence-corrected chi connectivity index (χ2v) is 10.2. The van der Waals surface area contributed by atoms with E-state index < -0.39 is 8.32 Å². The summed E-state index contributed by atoms with van der Waals surface area (Å²) in [5, 5.41) is 0. The van der Waals surface area contributed by atoms with Crippen LogP contribution in [0, 0.1) is 11.8 Å². The molecule has 1 aliphatic rings. The Balaban J connectivity index is 2.88. The van der Waals surface area contributed by atoms with E-state index in [0.29, 0.717) is 11.8 Å². The fourth-order valence-corrected chi connectivity index (χ4v) is 5.62. The molecule has 14 heavy (non-hydrogen) atoms. The molecule has 1 fully saturated rings. The highest BCUT2D eigenvalue weighted by molar-refractivity contribution is 6.71. The third kappa shape index (κ3) is 2.22. The van der Waals surface area contributed by atoms with Crippen molar-refractivity contribution in [3.63, 3.8) is 0 Å². The van der Waals surface area contributed by atoms with Gasteiger partial charge in [-0.3, -0.25) is 0 Å². The molecule has 0 aliphatic carbocycles. The topological polar surface area (TPSA) is 9.23 Å². The summed E-state index contributed by atoms with van der Waals surface area (Å²) in [4.78, 5) is 0. The molecule has 0 aromatic carbocycles. The van der Waals surface area contributed by atoms with Crippen molar-refractivity contribution in [3.8, 4) is 0 Å². The minimum absolute atomic E-state index is 0.175. The highest BCUT2D eigenvalue weighted by Gasteiger charge is 2.45. The molecule has 0 spiro atoms. The Morgan fingerprint density at radius 1 is 1.07 bits per heavy atom. The van der Waals surface area contributed by atoms with Gasteiger partial charge in [-0.1, -0.05) is 34.1 Å². The first-order valence-corrected chi connectivity index (χ1v) is 9.12. The molecule has 1 rings (SSSR count). The molecule has 0 atom stereocenters. The van der Waals surface area contributed by atoms with Crippen LogP contribution in [-0.4, -0.2) is 13.9 Å². The van der Waals surface area contributed by atoms with E-state index in [-0.39, 0.29) is 5.60 Å². The lowest BCUT2D eigenvalue weighted by Gasteiger charge is -2.50. The molecule has 0 N–H and O–H groups in total. The van der Waals surface area contributed by atoms with Crippen LogP contribution in [0.3, 0.4) is 0 Å². The summed E-state index contributed by atoms with van der Waals surface area (Å²) in [6, 6.07) is 1.34. The van der Waals surface area contributed by atoms with E-state index in [0.717, 1.165) is 0 Å². The predicted molar refractivity (Wildman–Crippen MR) is 65.0 cm³/mol. The van der Waals surface area contributed by atoms with Gasteiger partial charge in [0.15, 0.2) is 8.32 Å². The van der Waals surface area contributed by atoms with E-state index in [2.05, 4.69) is 40.8 Å². The number of hydrogen-bond donors (Lipinski definition) is 0. The standard InChI is InChI=1S/C12H26OSi/c1-10(2)12(11(3)4)8-7-9-14(5,6)13-12/h10-11H,7-9H2,1-6H3. The Hall–Kier alpha value is 0.177. The van der Waals surface area contributed by atoms with Crippen LogP contribution in [0.1, 0.15) is 40.5 Å². The van der Waals surface area contributed by atoms with Gasteiger partial charge >= 0.3 is 0 Å². The maximum Gasteiger partial charge on any atom is 0.187 e. The van der Waals surface area contributed by atoms with Gasteiger partial charge in [0.25, 0.3) is 0 Å². The average molecular weight is 214 g/mol. The van der Waals surface area contributed by atoms with E-state index in [1.54, 1.807) is 0 Å².